The lowest BCUT2D eigenvalue weighted by molar-refractivity contribution is -0.137. The van der Waals surface area contributed by atoms with Gasteiger partial charge in [-0.3, -0.25) is 4.79 Å². The van der Waals surface area contributed by atoms with Crippen molar-refractivity contribution in [2.75, 3.05) is 36.0 Å². The number of carbonyl (C=O) groups is 1. The number of nitrogens with zero attached hydrogens (tertiary/aromatic N) is 2. The molecule has 0 saturated carbocycles. The monoisotopic (exact) mass is 499 g/mol. The first-order chi connectivity index (χ1) is 16.8. The summed E-state index contributed by atoms with van der Waals surface area (Å²) in [6.45, 7) is 4.60. The molecule has 0 spiro atoms. The minimum atomic E-state index is -4.41. The van der Waals surface area contributed by atoms with Crippen LogP contribution in [0.3, 0.4) is 0 Å². The molecular formula is C27H28F3N3OS. The van der Waals surface area contributed by atoms with Crippen LogP contribution in [0.5, 0.6) is 0 Å². The number of carbonyl (C=O) groups excluding carboxylic acids is 1. The summed E-state index contributed by atoms with van der Waals surface area (Å²) in [6, 6.07) is 16.2. The van der Waals surface area contributed by atoms with Crippen LogP contribution in [0.2, 0.25) is 0 Å². The summed E-state index contributed by atoms with van der Waals surface area (Å²) >= 11 is 1.65. The lowest BCUT2D eigenvalue weighted by Gasteiger charge is -2.49. The molecule has 2 aliphatic heterocycles. The van der Waals surface area contributed by atoms with Crippen molar-refractivity contribution in [2.45, 2.75) is 32.0 Å². The first-order valence-electron chi connectivity index (χ1n) is 11.9. The third-order valence-electron chi connectivity index (χ3n) is 7.03. The van der Waals surface area contributed by atoms with Gasteiger partial charge in [-0.1, -0.05) is 23.8 Å². The van der Waals surface area contributed by atoms with Crippen LogP contribution >= 0.6 is 11.3 Å². The van der Waals surface area contributed by atoms with Gasteiger partial charge in [0.15, 0.2) is 0 Å². The zero-order valence-corrected chi connectivity index (χ0v) is 20.3. The summed E-state index contributed by atoms with van der Waals surface area (Å²) in [5.41, 5.74) is 3.03. The van der Waals surface area contributed by atoms with E-state index in [1.165, 1.54) is 16.5 Å². The summed E-state index contributed by atoms with van der Waals surface area (Å²) in [7, 11) is 0. The summed E-state index contributed by atoms with van der Waals surface area (Å²) in [4.78, 5) is 19.0. The van der Waals surface area contributed by atoms with Crippen molar-refractivity contribution in [1.29, 1.82) is 0 Å². The molecule has 0 bridgehead atoms. The second kappa shape index (κ2) is 9.57. The van der Waals surface area contributed by atoms with E-state index in [-0.39, 0.29) is 11.9 Å². The Morgan fingerprint density at radius 2 is 1.91 bits per heavy atom. The van der Waals surface area contributed by atoms with E-state index in [0.717, 1.165) is 30.4 Å². The van der Waals surface area contributed by atoms with E-state index in [2.05, 4.69) is 39.4 Å². The van der Waals surface area contributed by atoms with E-state index >= 15 is 0 Å². The molecule has 1 aromatic heterocycles. The van der Waals surface area contributed by atoms with Gasteiger partial charge >= 0.3 is 6.18 Å². The zero-order valence-electron chi connectivity index (χ0n) is 19.5. The maximum Gasteiger partial charge on any atom is 0.416 e. The molecule has 8 heteroatoms. The van der Waals surface area contributed by atoms with Crippen molar-refractivity contribution in [3.63, 3.8) is 0 Å². The maximum absolute atomic E-state index is 13.4. The van der Waals surface area contributed by atoms with E-state index in [4.69, 9.17) is 0 Å². The van der Waals surface area contributed by atoms with E-state index < -0.39 is 17.7 Å². The molecule has 3 heterocycles. The molecule has 1 saturated heterocycles. The minimum Gasteiger partial charge on any atom is -0.368 e. The SMILES string of the molecule is Cc1ccc(N2CCN3c4ccc(C(F)(F)F)cc4C[C@H](C(=O)NCCc4cccs4)[C@H]3C2)cc1. The van der Waals surface area contributed by atoms with Gasteiger partial charge in [0.25, 0.3) is 0 Å². The smallest absolute Gasteiger partial charge is 0.368 e. The first kappa shape index (κ1) is 23.7. The summed E-state index contributed by atoms with van der Waals surface area (Å²) in [5.74, 6) is -0.520. The van der Waals surface area contributed by atoms with Crippen molar-refractivity contribution in [3.8, 4) is 0 Å². The van der Waals surface area contributed by atoms with Gasteiger partial charge in [-0.2, -0.15) is 13.2 Å². The molecule has 184 valence electrons. The number of aryl methyl sites for hydroxylation is 1. The Labute approximate surface area is 207 Å². The van der Waals surface area contributed by atoms with Crippen LogP contribution in [0.1, 0.15) is 21.6 Å². The Hall–Kier alpha value is -3.00. The average molecular weight is 500 g/mol. The van der Waals surface area contributed by atoms with Gasteiger partial charge in [0.2, 0.25) is 5.91 Å². The van der Waals surface area contributed by atoms with Crippen LogP contribution < -0.4 is 15.1 Å². The van der Waals surface area contributed by atoms with Gasteiger partial charge < -0.3 is 15.1 Å². The van der Waals surface area contributed by atoms with Gasteiger partial charge in [0, 0.05) is 42.4 Å². The Morgan fingerprint density at radius 3 is 2.63 bits per heavy atom. The Morgan fingerprint density at radius 1 is 1.11 bits per heavy atom. The second-order valence-corrected chi connectivity index (χ2v) is 10.3. The number of piperazine rings is 1. The van der Waals surface area contributed by atoms with Crippen molar-refractivity contribution in [1.82, 2.24) is 5.32 Å². The Kier molecular flexibility index (Phi) is 6.49. The van der Waals surface area contributed by atoms with Crippen LogP contribution in [0.4, 0.5) is 24.5 Å². The standard InChI is InChI=1S/C27H28F3N3OS/c1-18-4-7-21(8-5-18)32-12-13-33-24-9-6-20(27(28,29)30)15-19(24)16-23(25(33)17-32)26(34)31-11-10-22-3-2-14-35-22/h2-9,14-15,23,25H,10-13,16-17H2,1H3,(H,31,34)/t23-,25+/m0/s1. The molecule has 0 radical (unpaired) electrons. The fraction of sp³-hybridized carbons (Fsp3) is 0.370. The zero-order chi connectivity index (χ0) is 24.6. The Balaban J connectivity index is 1.41. The van der Waals surface area contributed by atoms with Crippen LogP contribution in [0.25, 0.3) is 0 Å². The molecule has 2 atom stereocenters. The number of nitrogens with one attached hydrogen (secondary N) is 1. The highest BCUT2D eigenvalue weighted by Crippen LogP contribution is 2.40. The van der Waals surface area contributed by atoms with Gasteiger partial charge in [0.1, 0.15) is 0 Å². The number of anilines is 2. The molecule has 3 aromatic rings. The Bertz CT molecular complexity index is 1180. The van der Waals surface area contributed by atoms with Gasteiger partial charge in [-0.15, -0.1) is 11.3 Å². The van der Waals surface area contributed by atoms with E-state index in [0.29, 0.717) is 31.6 Å². The number of thiophene rings is 1. The van der Waals surface area contributed by atoms with Crippen molar-refractivity contribution < 1.29 is 18.0 Å². The van der Waals surface area contributed by atoms with E-state index in [1.54, 1.807) is 17.4 Å². The molecule has 2 aromatic carbocycles. The number of hydrogen-bond donors (Lipinski definition) is 1. The molecule has 35 heavy (non-hydrogen) atoms. The van der Waals surface area contributed by atoms with Crippen LogP contribution in [0, 0.1) is 12.8 Å². The number of alkyl halides is 3. The minimum absolute atomic E-state index is 0.0922. The summed E-state index contributed by atoms with van der Waals surface area (Å²) < 4.78 is 40.2. The highest BCUT2D eigenvalue weighted by atomic mass is 32.1. The van der Waals surface area contributed by atoms with Gasteiger partial charge in [-0.05, 0) is 67.1 Å². The lowest BCUT2D eigenvalue weighted by atomic mass is 9.82. The second-order valence-electron chi connectivity index (χ2n) is 9.31. The van der Waals surface area contributed by atoms with Gasteiger partial charge in [-0.25, -0.2) is 0 Å². The molecule has 4 nitrogen and oxygen atoms in total. The summed E-state index contributed by atoms with van der Waals surface area (Å²) in [6.07, 6.45) is -3.36. The van der Waals surface area contributed by atoms with E-state index in [1.807, 2.05) is 24.4 Å². The quantitative estimate of drug-likeness (QED) is 0.518. The van der Waals surface area contributed by atoms with Crippen LogP contribution in [-0.4, -0.2) is 38.1 Å². The largest absolute Gasteiger partial charge is 0.416 e. The van der Waals surface area contributed by atoms with Gasteiger partial charge in [0.05, 0.1) is 17.5 Å². The third-order valence-corrected chi connectivity index (χ3v) is 7.96. The highest BCUT2D eigenvalue weighted by molar-refractivity contribution is 7.09. The van der Waals surface area contributed by atoms with Crippen molar-refractivity contribution in [3.05, 3.63) is 81.5 Å². The predicted octanol–water partition coefficient (Wildman–Crippen LogP) is 5.30. The molecule has 0 unspecified atom stereocenters. The third kappa shape index (κ3) is 5.03. The summed E-state index contributed by atoms with van der Waals surface area (Å²) in [5, 5.41) is 5.07. The van der Waals surface area contributed by atoms with Crippen molar-refractivity contribution >= 4 is 28.6 Å². The number of halogens is 3. The number of fused-ring (bicyclic) bond motifs is 3. The number of amides is 1. The van der Waals surface area contributed by atoms with Crippen LogP contribution in [0.15, 0.2) is 60.0 Å². The molecule has 1 N–H and O–H groups in total. The fourth-order valence-corrected chi connectivity index (χ4v) is 5.89. The topological polar surface area (TPSA) is 35.6 Å². The number of hydrogen-bond acceptors (Lipinski definition) is 4. The first-order valence-corrected chi connectivity index (χ1v) is 12.8. The number of benzene rings is 2. The molecule has 1 fully saturated rings. The molecule has 0 aliphatic carbocycles. The lowest BCUT2D eigenvalue weighted by Crippen LogP contribution is -2.61. The molecule has 5 rings (SSSR count). The molecular weight excluding hydrogens is 471 g/mol. The predicted molar refractivity (Wildman–Crippen MR) is 134 cm³/mol. The number of rotatable bonds is 5. The maximum atomic E-state index is 13.4. The molecule has 2 aliphatic rings. The van der Waals surface area contributed by atoms with E-state index in [9.17, 15) is 18.0 Å². The average Bonchev–Trinajstić information content (AvgIpc) is 3.36. The fourth-order valence-electron chi connectivity index (χ4n) is 5.18. The van der Waals surface area contributed by atoms with Crippen molar-refractivity contribution in [2.24, 2.45) is 5.92 Å². The van der Waals surface area contributed by atoms with Crippen LogP contribution in [-0.2, 0) is 23.8 Å². The molecule has 1 amide bonds. The normalized spacial score (nSPS) is 19.8. The highest BCUT2D eigenvalue weighted by Gasteiger charge is 2.42.